The molecule has 2 rings (SSSR count). The van der Waals surface area contributed by atoms with Gasteiger partial charge in [0.25, 0.3) is 0 Å². The number of phenolic OH excluding ortho intramolecular Hbond substituents is 1. The quantitative estimate of drug-likeness (QED) is 0.513. The Morgan fingerprint density at radius 1 is 1.27 bits per heavy atom. The molecule has 1 aromatic rings. The number of nitrogen functional groups attached to an aromatic ring is 1. The molecule has 1 atom stereocenters. The summed E-state index contributed by atoms with van der Waals surface area (Å²) in [5.41, 5.74) is 13.3. The highest BCUT2D eigenvalue weighted by atomic mass is 16.3. The molecule has 1 aliphatic rings. The predicted octanol–water partition coefficient (Wildman–Crippen LogP) is 2.16. The largest absolute Gasteiger partial charge is 0.508 e. The van der Waals surface area contributed by atoms with Crippen molar-refractivity contribution in [2.45, 2.75) is 31.7 Å². The van der Waals surface area contributed by atoms with Crippen molar-refractivity contribution < 1.29 is 5.11 Å². The van der Waals surface area contributed by atoms with Crippen LogP contribution in [0.5, 0.6) is 5.75 Å². The van der Waals surface area contributed by atoms with Crippen LogP contribution >= 0.6 is 0 Å². The van der Waals surface area contributed by atoms with E-state index in [1.165, 1.54) is 12.8 Å². The van der Waals surface area contributed by atoms with Crippen molar-refractivity contribution in [2.24, 2.45) is 11.7 Å². The fraction of sp³-hybridized carbons (Fsp3) is 0.500. The number of hydrogen-bond donors (Lipinski definition) is 3. The fourth-order valence-electron chi connectivity index (χ4n) is 2.41. The summed E-state index contributed by atoms with van der Waals surface area (Å²) in [4.78, 5) is 0. The Balaban J connectivity index is 2.23. The lowest BCUT2D eigenvalue weighted by Gasteiger charge is -2.20. The topological polar surface area (TPSA) is 72.3 Å². The third-order valence-electron chi connectivity index (χ3n) is 3.32. The second-order valence-corrected chi connectivity index (χ2v) is 4.39. The molecule has 0 bridgehead atoms. The van der Waals surface area contributed by atoms with Gasteiger partial charge in [-0.2, -0.15) is 0 Å². The molecule has 1 saturated carbocycles. The monoisotopic (exact) mass is 206 g/mol. The third-order valence-corrected chi connectivity index (χ3v) is 3.32. The normalized spacial score (nSPS) is 19.3. The van der Waals surface area contributed by atoms with Crippen LogP contribution in [0.2, 0.25) is 0 Å². The van der Waals surface area contributed by atoms with Gasteiger partial charge in [0, 0.05) is 17.3 Å². The van der Waals surface area contributed by atoms with Gasteiger partial charge < -0.3 is 16.6 Å². The molecule has 0 radical (unpaired) electrons. The van der Waals surface area contributed by atoms with Crippen LogP contribution in [-0.2, 0) is 0 Å². The first-order valence-corrected chi connectivity index (χ1v) is 5.52. The molecule has 0 saturated heterocycles. The maximum atomic E-state index is 9.73. The number of anilines is 1. The van der Waals surface area contributed by atoms with Gasteiger partial charge in [0.15, 0.2) is 0 Å². The van der Waals surface area contributed by atoms with Crippen LogP contribution in [0.4, 0.5) is 5.69 Å². The summed E-state index contributed by atoms with van der Waals surface area (Å²) < 4.78 is 0. The first kappa shape index (κ1) is 10.3. The second kappa shape index (κ2) is 4.11. The maximum Gasteiger partial charge on any atom is 0.120 e. The zero-order chi connectivity index (χ0) is 10.8. The summed E-state index contributed by atoms with van der Waals surface area (Å²) in [5.74, 6) is 0.765. The summed E-state index contributed by atoms with van der Waals surface area (Å²) in [6.07, 6.45) is 4.83. The average molecular weight is 206 g/mol. The van der Waals surface area contributed by atoms with Crippen LogP contribution in [0.1, 0.15) is 37.3 Å². The first-order valence-electron chi connectivity index (χ1n) is 5.52. The Morgan fingerprint density at radius 2 is 1.93 bits per heavy atom. The highest BCUT2D eigenvalue weighted by Gasteiger charge is 2.25. The number of benzene rings is 1. The van der Waals surface area contributed by atoms with Gasteiger partial charge in [0.1, 0.15) is 5.75 Å². The summed E-state index contributed by atoms with van der Waals surface area (Å²) in [6.45, 7) is 0. The maximum absolute atomic E-state index is 9.73. The Morgan fingerprint density at radius 3 is 2.60 bits per heavy atom. The van der Waals surface area contributed by atoms with Crippen molar-refractivity contribution >= 4 is 5.69 Å². The van der Waals surface area contributed by atoms with Crippen molar-refractivity contribution in [1.29, 1.82) is 0 Å². The number of nitrogens with two attached hydrogens (primary N) is 2. The molecule has 5 N–H and O–H groups in total. The molecule has 3 heteroatoms. The third kappa shape index (κ3) is 2.07. The molecule has 0 unspecified atom stereocenters. The molecular formula is C12H18N2O. The molecule has 0 amide bonds. The van der Waals surface area contributed by atoms with Crippen molar-refractivity contribution in [2.75, 3.05) is 5.73 Å². The average Bonchev–Trinajstić information content (AvgIpc) is 2.74. The van der Waals surface area contributed by atoms with E-state index in [1.54, 1.807) is 18.2 Å². The predicted molar refractivity (Wildman–Crippen MR) is 61.4 cm³/mol. The number of hydrogen-bond acceptors (Lipinski definition) is 3. The Kier molecular flexibility index (Phi) is 2.82. The molecule has 1 fully saturated rings. The van der Waals surface area contributed by atoms with E-state index in [9.17, 15) is 5.11 Å². The van der Waals surface area contributed by atoms with Gasteiger partial charge in [-0.1, -0.05) is 12.8 Å². The summed E-state index contributed by atoms with van der Waals surface area (Å²) in [5, 5.41) is 9.73. The Hall–Kier alpha value is -1.22. The Bertz CT molecular complexity index is 345. The van der Waals surface area contributed by atoms with Crippen molar-refractivity contribution in [3.8, 4) is 5.75 Å². The van der Waals surface area contributed by atoms with Crippen LogP contribution in [-0.4, -0.2) is 5.11 Å². The number of aromatic hydroxyl groups is 1. The molecule has 1 aliphatic carbocycles. The smallest absolute Gasteiger partial charge is 0.120 e. The molecular weight excluding hydrogens is 188 g/mol. The van der Waals surface area contributed by atoms with E-state index in [4.69, 9.17) is 11.5 Å². The van der Waals surface area contributed by atoms with Crippen LogP contribution < -0.4 is 11.5 Å². The lowest BCUT2D eigenvalue weighted by Crippen LogP contribution is -2.19. The fourth-order valence-corrected chi connectivity index (χ4v) is 2.41. The van der Waals surface area contributed by atoms with E-state index in [0.717, 1.165) is 18.4 Å². The van der Waals surface area contributed by atoms with Crippen molar-refractivity contribution in [3.05, 3.63) is 23.8 Å². The standard InChI is InChI=1S/C12H18N2O/c13-9-5-6-11(15)10(7-9)12(14)8-3-1-2-4-8/h5-8,12,15H,1-4,13-14H2/t12-/m0/s1. The molecule has 15 heavy (non-hydrogen) atoms. The molecule has 0 spiro atoms. The number of phenols is 1. The van der Waals surface area contributed by atoms with E-state index >= 15 is 0 Å². The highest BCUT2D eigenvalue weighted by Crippen LogP contribution is 2.37. The van der Waals surface area contributed by atoms with Gasteiger partial charge in [-0.15, -0.1) is 0 Å². The minimum atomic E-state index is -0.0731. The lowest BCUT2D eigenvalue weighted by molar-refractivity contribution is 0.412. The van der Waals surface area contributed by atoms with E-state index in [-0.39, 0.29) is 11.8 Å². The zero-order valence-electron chi connectivity index (χ0n) is 8.82. The van der Waals surface area contributed by atoms with Gasteiger partial charge in [-0.05, 0) is 37.0 Å². The van der Waals surface area contributed by atoms with Crippen LogP contribution in [0.25, 0.3) is 0 Å². The minimum absolute atomic E-state index is 0.0731. The molecule has 0 aliphatic heterocycles. The molecule has 0 aromatic heterocycles. The second-order valence-electron chi connectivity index (χ2n) is 4.39. The Labute approximate surface area is 90.1 Å². The summed E-state index contributed by atoms with van der Waals surface area (Å²) in [7, 11) is 0. The van der Waals surface area contributed by atoms with Gasteiger partial charge >= 0.3 is 0 Å². The van der Waals surface area contributed by atoms with Gasteiger partial charge in [0.05, 0.1) is 0 Å². The van der Waals surface area contributed by atoms with Crippen LogP contribution in [0, 0.1) is 5.92 Å². The van der Waals surface area contributed by atoms with Crippen molar-refractivity contribution in [1.82, 2.24) is 0 Å². The first-order chi connectivity index (χ1) is 7.18. The molecule has 0 heterocycles. The molecule has 1 aromatic carbocycles. The van der Waals surface area contributed by atoms with E-state index < -0.39 is 0 Å². The summed E-state index contributed by atoms with van der Waals surface area (Å²) in [6, 6.07) is 5.04. The van der Waals surface area contributed by atoms with Gasteiger partial charge in [-0.25, -0.2) is 0 Å². The molecule has 3 nitrogen and oxygen atoms in total. The van der Waals surface area contributed by atoms with E-state index in [1.807, 2.05) is 0 Å². The van der Waals surface area contributed by atoms with Gasteiger partial charge in [0.2, 0.25) is 0 Å². The summed E-state index contributed by atoms with van der Waals surface area (Å²) >= 11 is 0. The SMILES string of the molecule is Nc1ccc(O)c([C@@H](N)C2CCCC2)c1. The molecule has 82 valence electrons. The number of rotatable bonds is 2. The van der Waals surface area contributed by atoms with E-state index in [2.05, 4.69) is 0 Å². The van der Waals surface area contributed by atoms with Gasteiger partial charge in [-0.3, -0.25) is 0 Å². The zero-order valence-corrected chi connectivity index (χ0v) is 8.82. The van der Waals surface area contributed by atoms with Crippen molar-refractivity contribution in [3.63, 3.8) is 0 Å². The van der Waals surface area contributed by atoms with E-state index in [0.29, 0.717) is 11.6 Å². The minimum Gasteiger partial charge on any atom is -0.508 e. The lowest BCUT2D eigenvalue weighted by atomic mass is 9.91. The highest BCUT2D eigenvalue weighted by molar-refractivity contribution is 5.48. The van der Waals surface area contributed by atoms with Crippen LogP contribution in [0.3, 0.4) is 0 Å². The van der Waals surface area contributed by atoms with Crippen LogP contribution in [0.15, 0.2) is 18.2 Å².